The van der Waals surface area contributed by atoms with E-state index in [-0.39, 0.29) is 11.9 Å². The van der Waals surface area contributed by atoms with Gasteiger partial charge in [-0.15, -0.1) is 0 Å². The van der Waals surface area contributed by atoms with Gasteiger partial charge in [0, 0.05) is 12.2 Å². The van der Waals surface area contributed by atoms with Crippen LogP contribution in [0.3, 0.4) is 0 Å². The Morgan fingerprint density at radius 1 is 1.16 bits per heavy atom. The van der Waals surface area contributed by atoms with Crippen LogP contribution < -0.4 is 10.6 Å². The lowest BCUT2D eigenvalue weighted by molar-refractivity contribution is -0.121. The van der Waals surface area contributed by atoms with Crippen LogP contribution in [0.15, 0.2) is 24.3 Å². The Kier molecular flexibility index (Phi) is 6.40. The van der Waals surface area contributed by atoms with Crippen molar-refractivity contribution < 1.29 is 4.79 Å². The van der Waals surface area contributed by atoms with E-state index in [4.69, 9.17) is 0 Å². The summed E-state index contributed by atoms with van der Waals surface area (Å²) in [6, 6.07) is 8.07. The number of hydrogen-bond donors (Lipinski definition) is 2. The Morgan fingerprint density at radius 2 is 1.79 bits per heavy atom. The third-order valence-corrected chi connectivity index (χ3v) is 3.18. The van der Waals surface area contributed by atoms with Crippen molar-refractivity contribution in [3.63, 3.8) is 0 Å². The zero-order valence-electron chi connectivity index (χ0n) is 12.5. The molecule has 2 N–H and O–H groups in total. The number of nitrogens with one attached hydrogen (secondary N) is 2. The first-order valence-electron chi connectivity index (χ1n) is 7.18. The van der Waals surface area contributed by atoms with E-state index in [1.54, 1.807) is 0 Å². The molecule has 0 aliphatic heterocycles. The SMILES string of the molecule is CCCCNC(=O)C(C)Nc1ccc(C(C)C)cc1. The molecule has 1 aromatic rings. The van der Waals surface area contributed by atoms with E-state index in [1.807, 2.05) is 19.1 Å². The highest BCUT2D eigenvalue weighted by atomic mass is 16.2. The molecule has 3 heteroatoms. The molecule has 0 aliphatic carbocycles. The van der Waals surface area contributed by atoms with Crippen LogP contribution in [0.25, 0.3) is 0 Å². The van der Waals surface area contributed by atoms with E-state index >= 15 is 0 Å². The third-order valence-electron chi connectivity index (χ3n) is 3.18. The molecule has 1 amide bonds. The summed E-state index contributed by atoms with van der Waals surface area (Å²) >= 11 is 0. The summed E-state index contributed by atoms with van der Waals surface area (Å²) in [6.07, 6.45) is 2.13. The quantitative estimate of drug-likeness (QED) is 0.738. The summed E-state index contributed by atoms with van der Waals surface area (Å²) in [4.78, 5) is 11.8. The van der Waals surface area contributed by atoms with Gasteiger partial charge in [0.05, 0.1) is 0 Å². The molecular weight excluding hydrogens is 236 g/mol. The number of amides is 1. The minimum absolute atomic E-state index is 0.0568. The summed E-state index contributed by atoms with van der Waals surface area (Å²) < 4.78 is 0. The smallest absolute Gasteiger partial charge is 0.242 e. The molecule has 0 saturated carbocycles. The zero-order valence-corrected chi connectivity index (χ0v) is 12.5. The Morgan fingerprint density at radius 3 is 2.32 bits per heavy atom. The van der Waals surface area contributed by atoms with Gasteiger partial charge in [0.1, 0.15) is 6.04 Å². The number of hydrogen-bond acceptors (Lipinski definition) is 2. The highest BCUT2D eigenvalue weighted by Crippen LogP contribution is 2.17. The molecule has 0 heterocycles. The maximum atomic E-state index is 11.8. The molecule has 1 unspecified atom stereocenters. The molecule has 1 atom stereocenters. The number of rotatable bonds is 7. The van der Waals surface area contributed by atoms with Crippen LogP contribution >= 0.6 is 0 Å². The van der Waals surface area contributed by atoms with Gasteiger partial charge in [-0.1, -0.05) is 39.3 Å². The van der Waals surface area contributed by atoms with Gasteiger partial charge in [-0.2, -0.15) is 0 Å². The molecular formula is C16H26N2O. The first kappa shape index (κ1) is 15.5. The van der Waals surface area contributed by atoms with Crippen LogP contribution in [0.2, 0.25) is 0 Å². The van der Waals surface area contributed by atoms with Crippen molar-refractivity contribution in [2.24, 2.45) is 0 Å². The summed E-state index contributed by atoms with van der Waals surface area (Å²) in [5.41, 5.74) is 2.30. The number of carbonyl (C=O) groups excluding carboxylic acids is 1. The molecule has 3 nitrogen and oxygen atoms in total. The van der Waals surface area contributed by atoms with Crippen LogP contribution in [0.4, 0.5) is 5.69 Å². The van der Waals surface area contributed by atoms with Crippen LogP contribution in [0, 0.1) is 0 Å². The summed E-state index contributed by atoms with van der Waals surface area (Å²) in [7, 11) is 0. The van der Waals surface area contributed by atoms with Crippen molar-refractivity contribution in [1.82, 2.24) is 5.32 Å². The lowest BCUT2D eigenvalue weighted by Gasteiger charge is -2.16. The lowest BCUT2D eigenvalue weighted by atomic mass is 10.0. The Labute approximate surface area is 116 Å². The van der Waals surface area contributed by atoms with E-state index < -0.39 is 0 Å². The minimum Gasteiger partial charge on any atom is -0.374 e. The Bertz CT molecular complexity index is 384. The van der Waals surface area contributed by atoms with Crippen molar-refractivity contribution >= 4 is 11.6 Å². The van der Waals surface area contributed by atoms with Gasteiger partial charge in [0.15, 0.2) is 0 Å². The average Bonchev–Trinajstić information content (AvgIpc) is 2.39. The molecule has 19 heavy (non-hydrogen) atoms. The molecule has 0 bridgehead atoms. The van der Waals surface area contributed by atoms with E-state index in [0.29, 0.717) is 5.92 Å². The lowest BCUT2D eigenvalue weighted by Crippen LogP contribution is -2.37. The van der Waals surface area contributed by atoms with Gasteiger partial charge in [-0.3, -0.25) is 4.79 Å². The first-order valence-corrected chi connectivity index (χ1v) is 7.18. The van der Waals surface area contributed by atoms with Crippen molar-refractivity contribution in [2.45, 2.75) is 52.5 Å². The second-order valence-electron chi connectivity index (χ2n) is 5.29. The predicted octanol–water partition coefficient (Wildman–Crippen LogP) is 3.53. The summed E-state index contributed by atoms with van der Waals surface area (Å²) in [5, 5.41) is 6.15. The van der Waals surface area contributed by atoms with Crippen LogP contribution in [-0.4, -0.2) is 18.5 Å². The van der Waals surface area contributed by atoms with Gasteiger partial charge < -0.3 is 10.6 Å². The monoisotopic (exact) mass is 262 g/mol. The largest absolute Gasteiger partial charge is 0.374 e. The van der Waals surface area contributed by atoms with E-state index in [2.05, 4.69) is 43.5 Å². The van der Waals surface area contributed by atoms with E-state index in [1.165, 1.54) is 5.56 Å². The third kappa shape index (κ3) is 5.33. The van der Waals surface area contributed by atoms with Crippen LogP contribution in [0.1, 0.15) is 52.0 Å². The fraction of sp³-hybridized carbons (Fsp3) is 0.562. The first-order chi connectivity index (χ1) is 9.04. The normalized spacial score (nSPS) is 12.3. The van der Waals surface area contributed by atoms with Crippen molar-refractivity contribution in [3.8, 4) is 0 Å². The highest BCUT2D eigenvalue weighted by Gasteiger charge is 2.11. The average molecular weight is 262 g/mol. The van der Waals surface area contributed by atoms with Crippen molar-refractivity contribution in [3.05, 3.63) is 29.8 Å². The number of anilines is 1. The standard InChI is InChI=1S/C16H26N2O/c1-5-6-11-17-16(19)13(4)18-15-9-7-14(8-10-15)12(2)3/h7-10,12-13,18H,5-6,11H2,1-4H3,(H,17,19). The van der Waals surface area contributed by atoms with Gasteiger partial charge in [0.25, 0.3) is 0 Å². The second-order valence-corrected chi connectivity index (χ2v) is 5.29. The Balaban J connectivity index is 2.47. The molecule has 106 valence electrons. The number of carbonyl (C=O) groups is 1. The molecule has 0 aromatic heterocycles. The Hall–Kier alpha value is -1.51. The summed E-state index contributed by atoms with van der Waals surface area (Å²) in [6.45, 7) is 9.11. The molecule has 0 saturated heterocycles. The van der Waals surface area contributed by atoms with Gasteiger partial charge in [-0.05, 0) is 37.0 Å². The molecule has 1 rings (SSSR count). The zero-order chi connectivity index (χ0) is 14.3. The fourth-order valence-electron chi connectivity index (χ4n) is 1.82. The molecule has 0 spiro atoms. The maximum Gasteiger partial charge on any atom is 0.242 e. The molecule has 0 radical (unpaired) electrons. The van der Waals surface area contributed by atoms with Crippen molar-refractivity contribution in [1.29, 1.82) is 0 Å². The maximum absolute atomic E-state index is 11.8. The fourth-order valence-corrected chi connectivity index (χ4v) is 1.82. The van der Waals surface area contributed by atoms with Gasteiger partial charge >= 0.3 is 0 Å². The van der Waals surface area contributed by atoms with Crippen LogP contribution in [-0.2, 0) is 4.79 Å². The topological polar surface area (TPSA) is 41.1 Å². The van der Waals surface area contributed by atoms with Gasteiger partial charge in [-0.25, -0.2) is 0 Å². The molecule has 0 fully saturated rings. The van der Waals surface area contributed by atoms with Crippen molar-refractivity contribution in [2.75, 3.05) is 11.9 Å². The van der Waals surface area contributed by atoms with E-state index in [9.17, 15) is 4.79 Å². The molecule has 1 aromatic carbocycles. The number of benzene rings is 1. The van der Waals surface area contributed by atoms with E-state index in [0.717, 1.165) is 25.1 Å². The summed E-state index contributed by atoms with van der Waals surface area (Å²) in [5.74, 6) is 0.588. The minimum atomic E-state index is -0.207. The predicted molar refractivity (Wildman–Crippen MR) is 81.5 cm³/mol. The number of unbranched alkanes of at least 4 members (excludes halogenated alkanes) is 1. The highest BCUT2D eigenvalue weighted by molar-refractivity contribution is 5.84. The second kappa shape index (κ2) is 7.82. The molecule has 0 aliphatic rings. The van der Waals surface area contributed by atoms with Crippen LogP contribution in [0.5, 0.6) is 0 Å². The van der Waals surface area contributed by atoms with Gasteiger partial charge in [0.2, 0.25) is 5.91 Å².